The molecule has 0 aliphatic carbocycles. The molecule has 2 aromatic rings. The molecule has 0 amide bonds. The lowest BCUT2D eigenvalue weighted by atomic mass is 10.1. The molecule has 0 spiro atoms. The third-order valence-electron chi connectivity index (χ3n) is 3.15. The molecule has 1 aromatic carbocycles. The van der Waals surface area contributed by atoms with Gasteiger partial charge < -0.3 is 10.8 Å². The zero-order chi connectivity index (χ0) is 17.9. The summed E-state index contributed by atoms with van der Waals surface area (Å²) in [6.45, 7) is 0. The van der Waals surface area contributed by atoms with Crippen LogP contribution in [-0.4, -0.2) is 40.2 Å². The highest BCUT2D eigenvalue weighted by Crippen LogP contribution is 2.17. The van der Waals surface area contributed by atoms with Crippen LogP contribution in [0.2, 0.25) is 0 Å². The number of aliphatic carboxylic acids is 1. The second-order valence-electron chi connectivity index (χ2n) is 4.72. The van der Waals surface area contributed by atoms with Crippen LogP contribution in [0.4, 0.5) is 5.69 Å². The lowest BCUT2D eigenvalue weighted by Crippen LogP contribution is -2.32. The summed E-state index contributed by atoms with van der Waals surface area (Å²) in [4.78, 5) is 25.1. The average Bonchev–Trinajstić information content (AvgIpc) is 2.90. The maximum absolute atomic E-state index is 11.5. The van der Waals surface area contributed by atoms with Crippen LogP contribution >= 0.6 is 24.2 Å². The van der Waals surface area contributed by atoms with Crippen molar-refractivity contribution in [3.8, 4) is 0 Å². The summed E-state index contributed by atoms with van der Waals surface area (Å²) < 4.78 is 12.5. The molecule has 0 saturated heterocycles. The van der Waals surface area contributed by atoms with Gasteiger partial charge in [-0.1, -0.05) is 0 Å². The number of nitrogens with two attached hydrogens (primary N) is 1. The van der Waals surface area contributed by atoms with E-state index >= 15 is 0 Å². The second kappa shape index (κ2) is 8.72. The van der Waals surface area contributed by atoms with Crippen LogP contribution < -0.4 is 5.73 Å². The van der Waals surface area contributed by atoms with Crippen molar-refractivity contribution in [3.05, 3.63) is 57.7 Å². The van der Waals surface area contributed by atoms with Gasteiger partial charge in [-0.05, 0) is 17.7 Å². The molecule has 0 fully saturated rings. The fourth-order valence-electron chi connectivity index (χ4n) is 1.92. The molecule has 3 N–H and O–H groups in total. The highest BCUT2D eigenvalue weighted by atomic mass is 35.5. The van der Waals surface area contributed by atoms with Gasteiger partial charge in [-0.3, -0.25) is 14.9 Å². The summed E-state index contributed by atoms with van der Waals surface area (Å²) in [7, 11) is 0. The molecule has 0 aliphatic rings. The molecule has 0 aliphatic heterocycles. The Labute approximate surface area is 156 Å². The Morgan fingerprint density at radius 2 is 2.04 bits per heavy atom. The van der Waals surface area contributed by atoms with Gasteiger partial charge in [0.25, 0.3) is 5.69 Å². The minimum Gasteiger partial charge on any atom is -0.480 e. The lowest BCUT2D eigenvalue weighted by molar-refractivity contribution is -0.384. The van der Waals surface area contributed by atoms with Crippen molar-refractivity contribution in [2.75, 3.05) is 0 Å². The first-order chi connectivity index (χ1) is 11.3. The Hall–Kier alpha value is -2.27. The Kier molecular flexibility index (Phi) is 7.24. The van der Waals surface area contributed by atoms with E-state index in [1.807, 2.05) is 0 Å². The first kappa shape index (κ1) is 20.8. The van der Waals surface area contributed by atoms with Gasteiger partial charge >= 0.3 is 5.97 Å². The number of nitrogens with zero attached hydrogens (tertiary/aromatic N) is 3. The molecule has 12 heteroatoms. The van der Waals surface area contributed by atoms with Gasteiger partial charge in [0.05, 0.1) is 16.8 Å². The molecule has 2 rings (SSSR count). The van der Waals surface area contributed by atoms with Crippen molar-refractivity contribution in [2.24, 2.45) is 5.73 Å². The number of aromatic nitrogens is 2. The molecule has 0 saturated carbocycles. The maximum atomic E-state index is 11.5. The Balaban J connectivity index is 0.00000312. The molecule has 1 unspecified atom stereocenters. The summed E-state index contributed by atoms with van der Waals surface area (Å²) >= 11 is 6.23. The Bertz CT molecular complexity index is 849. The summed E-state index contributed by atoms with van der Waals surface area (Å²) in [5.41, 5.74) is 6.07. The lowest BCUT2D eigenvalue weighted by Gasteiger charge is -2.07. The largest absolute Gasteiger partial charge is 0.480 e. The number of carboxylic acid groups (broad SMARTS) is 1. The summed E-state index contributed by atoms with van der Waals surface area (Å²) in [6, 6.07) is 4.18. The molecular formula is C13H12Cl2N4O5S. The highest BCUT2D eigenvalue weighted by molar-refractivity contribution is 7.67. The summed E-state index contributed by atoms with van der Waals surface area (Å²) in [5.74, 6) is -1.08. The van der Waals surface area contributed by atoms with Crippen LogP contribution in [0.1, 0.15) is 17.1 Å². The van der Waals surface area contributed by atoms with Crippen LogP contribution in [0.25, 0.3) is 0 Å². The normalized spacial score (nSPS) is 11.3. The minimum atomic E-state index is -1.19. The number of benzene rings is 1. The average molecular weight is 407 g/mol. The maximum Gasteiger partial charge on any atom is 0.320 e. The van der Waals surface area contributed by atoms with E-state index in [0.717, 1.165) is 4.09 Å². The summed E-state index contributed by atoms with van der Waals surface area (Å²) in [6.07, 6.45) is 1.26. The van der Waals surface area contributed by atoms with E-state index in [2.05, 4.69) is 4.98 Å². The first-order valence-electron chi connectivity index (χ1n) is 6.48. The fourth-order valence-corrected chi connectivity index (χ4v) is 2.66. The zero-order valence-corrected chi connectivity index (χ0v) is 14.8. The number of nitro benzene ring substituents is 1. The van der Waals surface area contributed by atoms with E-state index in [1.165, 1.54) is 30.5 Å². The van der Waals surface area contributed by atoms with Crippen LogP contribution in [0, 0.1) is 10.1 Å². The van der Waals surface area contributed by atoms with E-state index in [1.54, 1.807) is 0 Å². The molecule has 0 radical (unpaired) electrons. The zero-order valence-electron chi connectivity index (χ0n) is 12.4. The van der Waals surface area contributed by atoms with Gasteiger partial charge in [-0.15, -0.1) is 12.4 Å². The van der Waals surface area contributed by atoms with Gasteiger partial charge in [-0.2, -0.15) is 0 Å². The number of carbonyl (C=O) groups is 1. The predicted octanol–water partition coefficient (Wildman–Crippen LogP) is 0.951. The van der Waals surface area contributed by atoms with Crippen molar-refractivity contribution in [1.29, 1.82) is 0 Å². The number of non-ortho nitro benzene ring substituents is 1. The van der Waals surface area contributed by atoms with E-state index in [4.69, 9.17) is 22.6 Å². The molecule has 1 atom stereocenters. The van der Waals surface area contributed by atoms with E-state index in [0.29, 0.717) is 11.3 Å². The SMILES string of the molecule is Cl.NC(Cc1cnc(C(=S=O)c2ccc([N+](=O)[O-])cc2)n1Cl)C(=O)O. The van der Waals surface area contributed by atoms with Crippen molar-refractivity contribution in [2.45, 2.75) is 12.5 Å². The number of imidazole rings is 1. The van der Waals surface area contributed by atoms with Gasteiger partial charge in [-0.25, -0.2) is 13.3 Å². The number of rotatable bonds is 6. The van der Waals surface area contributed by atoms with Crippen molar-refractivity contribution < 1.29 is 19.0 Å². The monoisotopic (exact) mass is 406 g/mol. The molecule has 9 nitrogen and oxygen atoms in total. The van der Waals surface area contributed by atoms with Crippen molar-refractivity contribution in [1.82, 2.24) is 9.07 Å². The van der Waals surface area contributed by atoms with E-state index in [9.17, 15) is 19.1 Å². The van der Waals surface area contributed by atoms with Crippen molar-refractivity contribution >= 4 is 52.0 Å². The van der Waals surface area contributed by atoms with Crippen LogP contribution in [-0.2, 0) is 22.5 Å². The Morgan fingerprint density at radius 1 is 1.44 bits per heavy atom. The number of hydrogen-bond donors (Lipinski definition) is 2. The van der Waals surface area contributed by atoms with Crippen LogP contribution in [0.5, 0.6) is 0 Å². The van der Waals surface area contributed by atoms with E-state index in [-0.39, 0.29) is 46.5 Å². The molecule has 1 aromatic heterocycles. The van der Waals surface area contributed by atoms with Gasteiger partial charge in [0.2, 0.25) is 0 Å². The fraction of sp³-hybridized carbons (Fsp3) is 0.154. The molecule has 0 bridgehead atoms. The molecular weight excluding hydrogens is 395 g/mol. The molecule has 134 valence electrons. The number of halogens is 2. The third kappa shape index (κ3) is 4.63. The van der Waals surface area contributed by atoms with Crippen LogP contribution in [0.15, 0.2) is 30.5 Å². The van der Waals surface area contributed by atoms with Gasteiger partial charge in [0.1, 0.15) is 22.2 Å². The van der Waals surface area contributed by atoms with Gasteiger partial charge in [0.15, 0.2) is 5.82 Å². The number of nitro groups is 1. The predicted molar refractivity (Wildman–Crippen MR) is 94.5 cm³/mol. The van der Waals surface area contributed by atoms with Crippen LogP contribution in [0.3, 0.4) is 0 Å². The van der Waals surface area contributed by atoms with E-state index < -0.39 is 16.9 Å². The molecule has 25 heavy (non-hydrogen) atoms. The topological polar surface area (TPSA) is 141 Å². The van der Waals surface area contributed by atoms with Crippen molar-refractivity contribution in [3.63, 3.8) is 0 Å². The first-order valence-corrected chi connectivity index (χ1v) is 7.56. The standard InChI is InChI=1S/C13H11ClN4O5S.ClH/c14-17-9(5-10(15)13(19)20)6-16-12(17)11(24-23)7-1-3-8(4-2-7)18(21)22;/h1-4,6,10H,5,15H2,(H,19,20);1H. The quantitative estimate of drug-likeness (QED) is 0.314. The smallest absolute Gasteiger partial charge is 0.320 e. The summed E-state index contributed by atoms with van der Waals surface area (Å²) in [5, 5.41) is 19.5. The highest BCUT2D eigenvalue weighted by Gasteiger charge is 2.20. The third-order valence-corrected chi connectivity index (χ3v) is 4.11. The second-order valence-corrected chi connectivity index (χ2v) is 5.63. The van der Waals surface area contributed by atoms with Gasteiger partial charge in [0, 0.05) is 30.3 Å². The number of hydrogen-bond acceptors (Lipinski definition) is 6. The molecule has 1 heterocycles. The Morgan fingerprint density at radius 3 is 2.52 bits per heavy atom. The number of carboxylic acids is 1. The minimum absolute atomic E-state index is 0.